The zero-order valence-electron chi connectivity index (χ0n) is 29.1. The van der Waals surface area contributed by atoms with Crippen LogP contribution in [0.5, 0.6) is 5.75 Å². The van der Waals surface area contributed by atoms with E-state index in [1.54, 1.807) is 49.6 Å². The summed E-state index contributed by atoms with van der Waals surface area (Å²) in [6, 6.07) is 11.1. The van der Waals surface area contributed by atoms with Crippen LogP contribution in [0, 0.1) is 5.41 Å². The number of nitrogens with zero attached hydrogens (tertiary/aromatic N) is 1. The Morgan fingerprint density at radius 1 is 1.08 bits per heavy atom. The fourth-order valence-corrected chi connectivity index (χ4v) is 6.47. The van der Waals surface area contributed by atoms with Crippen LogP contribution in [0.3, 0.4) is 0 Å². The van der Waals surface area contributed by atoms with Crippen molar-refractivity contribution in [2.45, 2.75) is 96.0 Å². The average molecular weight is 708 g/mol. The average Bonchev–Trinajstić information content (AvgIpc) is 3.67. The predicted molar refractivity (Wildman–Crippen MR) is 188 cm³/mol. The Morgan fingerprint density at radius 2 is 1.82 bits per heavy atom. The van der Waals surface area contributed by atoms with E-state index in [1.807, 2.05) is 39.8 Å². The van der Waals surface area contributed by atoms with Crippen molar-refractivity contribution in [2.75, 3.05) is 13.7 Å². The molecule has 0 bridgehead atoms. The highest BCUT2D eigenvalue weighted by Crippen LogP contribution is 2.39. The molecular formula is C37H46ClN5O7. The van der Waals surface area contributed by atoms with E-state index in [9.17, 15) is 24.0 Å². The number of carbonyl (C=O) groups is 5. The van der Waals surface area contributed by atoms with E-state index in [0.717, 1.165) is 18.4 Å². The lowest BCUT2D eigenvalue weighted by atomic mass is 9.85. The number of methoxy groups -OCH3 is 1. The van der Waals surface area contributed by atoms with Gasteiger partial charge < -0.3 is 25.6 Å². The first-order valence-corrected chi connectivity index (χ1v) is 17.4. The molecule has 1 saturated carbocycles. The monoisotopic (exact) mass is 707 g/mol. The highest BCUT2D eigenvalue weighted by Gasteiger charge is 2.54. The Balaban J connectivity index is 1.42. The molecule has 0 unspecified atom stereocenters. The second-order valence-electron chi connectivity index (χ2n) is 14.4. The molecule has 3 aliphatic rings. The minimum Gasteiger partial charge on any atom is -0.497 e. The minimum absolute atomic E-state index is 0.00735. The first-order chi connectivity index (χ1) is 23.7. The Morgan fingerprint density at radius 3 is 2.48 bits per heavy atom. The molecule has 1 saturated heterocycles. The lowest BCUT2D eigenvalue weighted by molar-refractivity contribution is -0.145. The third-order valence-electron chi connectivity index (χ3n) is 9.11. The second-order valence-corrected chi connectivity index (χ2v) is 14.8. The van der Waals surface area contributed by atoms with Crippen LogP contribution in [0.15, 0.2) is 54.6 Å². The fourth-order valence-electron chi connectivity index (χ4n) is 6.28. The molecule has 1 spiro atoms. The van der Waals surface area contributed by atoms with Gasteiger partial charge in [-0.2, -0.15) is 0 Å². The van der Waals surface area contributed by atoms with E-state index in [-0.39, 0.29) is 37.8 Å². The summed E-state index contributed by atoms with van der Waals surface area (Å²) in [5.41, 5.74) is 3.16. The Hall–Kier alpha value is -4.42. The molecule has 5 rings (SSSR count). The fraction of sp³-hybridized carbons (Fsp3) is 0.486. The van der Waals surface area contributed by atoms with Crippen molar-refractivity contribution in [3.8, 4) is 5.75 Å². The van der Waals surface area contributed by atoms with Crippen LogP contribution in [-0.2, 0) is 35.2 Å². The van der Waals surface area contributed by atoms with E-state index < -0.39 is 52.6 Å². The molecular weight excluding hydrogens is 662 g/mol. The van der Waals surface area contributed by atoms with Crippen LogP contribution in [0.1, 0.15) is 70.9 Å². The van der Waals surface area contributed by atoms with Gasteiger partial charge in [-0.1, -0.05) is 70.0 Å². The van der Waals surface area contributed by atoms with E-state index in [4.69, 9.17) is 21.2 Å². The topological polar surface area (TPSA) is 155 Å². The number of hydrogen-bond acceptors (Lipinski definition) is 8. The number of rotatable bonds is 13. The van der Waals surface area contributed by atoms with Gasteiger partial charge in [0.05, 0.1) is 31.8 Å². The number of ether oxygens (including phenoxy) is 1. The number of Topliss-reactive ketones (excluding diaryl/α,β-unsaturated/α-hetero) is 1. The maximum Gasteiger partial charge on any atom is 0.289 e. The van der Waals surface area contributed by atoms with E-state index in [2.05, 4.69) is 21.4 Å². The van der Waals surface area contributed by atoms with E-state index >= 15 is 0 Å². The zero-order chi connectivity index (χ0) is 36.2. The number of ketones is 1. The van der Waals surface area contributed by atoms with Crippen molar-refractivity contribution in [3.63, 3.8) is 0 Å². The normalized spacial score (nSPS) is 21.1. The molecule has 2 aromatic rings. The van der Waals surface area contributed by atoms with Crippen LogP contribution < -0.4 is 26.2 Å². The Bertz CT molecular complexity index is 1670. The van der Waals surface area contributed by atoms with Crippen LogP contribution in [0.2, 0.25) is 5.02 Å². The molecule has 4 atom stereocenters. The van der Waals surface area contributed by atoms with Gasteiger partial charge in [0.2, 0.25) is 23.5 Å². The Kier molecular flexibility index (Phi) is 11.2. The molecule has 1 aliphatic carbocycles. The van der Waals surface area contributed by atoms with Gasteiger partial charge in [0.15, 0.2) is 0 Å². The van der Waals surface area contributed by atoms with E-state index in [1.165, 1.54) is 4.90 Å². The molecule has 50 heavy (non-hydrogen) atoms. The third-order valence-corrected chi connectivity index (χ3v) is 9.34. The van der Waals surface area contributed by atoms with Crippen LogP contribution >= 0.6 is 11.6 Å². The number of benzene rings is 2. The van der Waals surface area contributed by atoms with Crippen LogP contribution in [-0.4, -0.2) is 77.7 Å². The SMILES string of the molecule is CCC[C@H](NC(=O)[C@@H]1C[C@]2(C=C(c3cccc(Cl)c3)NO2)CN1C(=O)[C@@H](NC(=O)Cc1cccc(OC)c1)C(C)(C)C)C(=O)C(=O)NC1CC1. The lowest BCUT2D eigenvalue weighted by Gasteiger charge is -2.35. The number of amides is 4. The number of hydroxylamine groups is 1. The van der Waals surface area contributed by atoms with E-state index in [0.29, 0.717) is 28.5 Å². The summed E-state index contributed by atoms with van der Waals surface area (Å²) in [6.45, 7) is 7.34. The van der Waals surface area contributed by atoms with Crippen LogP contribution in [0.4, 0.5) is 0 Å². The summed E-state index contributed by atoms with van der Waals surface area (Å²) >= 11 is 6.24. The van der Waals surface area contributed by atoms with Gasteiger partial charge in [-0.3, -0.25) is 34.3 Å². The van der Waals surface area contributed by atoms with Gasteiger partial charge in [-0.05, 0) is 60.6 Å². The maximum absolute atomic E-state index is 14.6. The number of nitrogens with one attached hydrogen (secondary N) is 4. The summed E-state index contributed by atoms with van der Waals surface area (Å²) in [6.07, 6.45) is 4.30. The minimum atomic E-state index is -1.12. The van der Waals surface area contributed by atoms with Crippen molar-refractivity contribution in [1.29, 1.82) is 0 Å². The first kappa shape index (κ1) is 36.9. The lowest BCUT2D eigenvalue weighted by Crippen LogP contribution is -2.59. The molecule has 2 fully saturated rings. The smallest absolute Gasteiger partial charge is 0.289 e. The van der Waals surface area contributed by atoms with Gasteiger partial charge in [-0.25, -0.2) is 0 Å². The molecule has 4 amide bonds. The number of hydrogen-bond donors (Lipinski definition) is 4. The molecule has 13 heteroatoms. The molecule has 12 nitrogen and oxygen atoms in total. The summed E-state index contributed by atoms with van der Waals surface area (Å²) in [5.74, 6) is -2.30. The van der Waals surface area contributed by atoms with Gasteiger partial charge in [-0.15, -0.1) is 0 Å². The quantitative estimate of drug-likeness (QED) is 0.231. The highest BCUT2D eigenvalue weighted by molar-refractivity contribution is 6.38. The van der Waals surface area contributed by atoms with Crippen LogP contribution in [0.25, 0.3) is 5.70 Å². The van der Waals surface area contributed by atoms with Gasteiger partial charge >= 0.3 is 0 Å². The molecule has 2 heterocycles. The molecule has 4 N–H and O–H groups in total. The molecule has 2 aliphatic heterocycles. The Labute approximate surface area is 297 Å². The second kappa shape index (κ2) is 15.2. The van der Waals surface area contributed by atoms with Crippen molar-refractivity contribution >= 4 is 46.7 Å². The maximum atomic E-state index is 14.6. The number of halogens is 1. The van der Waals surface area contributed by atoms with Crippen molar-refractivity contribution < 1.29 is 33.5 Å². The molecule has 268 valence electrons. The summed E-state index contributed by atoms with van der Waals surface area (Å²) in [4.78, 5) is 75.5. The third kappa shape index (κ3) is 8.83. The van der Waals surface area contributed by atoms with Gasteiger partial charge in [0.1, 0.15) is 23.4 Å². The summed E-state index contributed by atoms with van der Waals surface area (Å²) in [5, 5.41) is 8.93. The standard InChI is InChI=1S/C37H46ClN5O7/c1-6-9-27(31(45)34(47)39-25-14-15-25)40-33(46)29-20-37(19-28(42-50-37)23-11-8-12-24(38)18-23)21-43(29)35(48)32(36(2,3)4)41-30(44)17-22-10-7-13-26(16-22)49-5/h7-8,10-13,16,18-19,25,27,29,32,42H,6,9,14-15,17,20-21H2,1-5H3,(H,39,47)(H,40,46)(H,41,44)/t27-,29-,32+,37+/m0/s1. The van der Waals surface area contributed by atoms with Gasteiger partial charge in [0, 0.05) is 23.0 Å². The predicted octanol–water partition coefficient (Wildman–Crippen LogP) is 3.47. The summed E-state index contributed by atoms with van der Waals surface area (Å²) in [7, 11) is 1.54. The van der Waals surface area contributed by atoms with Crippen molar-refractivity contribution in [3.05, 3.63) is 70.8 Å². The van der Waals surface area contributed by atoms with Crippen molar-refractivity contribution in [1.82, 2.24) is 26.3 Å². The highest BCUT2D eigenvalue weighted by atomic mass is 35.5. The van der Waals surface area contributed by atoms with Gasteiger partial charge in [0.25, 0.3) is 5.91 Å². The number of likely N-dealkylation sites (tertiary alicyclic amines) is 1. The zero-order valence-corrected chi connectivity index (χ0v) is 29.9. The van der Waals surface area contributed by atoms with Crippen molar-refractivity contribution in [2.24, 2.45) is 5.41 Å². The largest absolute Gasteiger partial charge is 0.497 e. The number of carbonyl (C=O) groups excluding carboxylic acids is 5. The molecule has 2 aromatic carbocycles. The summed E-state index contributed by atoms with van der Waals surface area (Å²) < 4.78 is 5.29. The molecule has 0 aromatic heterocycles. The molecule has 0 radical (unpaired) electrons. The first-order valence-electron chi connectivity index (χ1n) is 17.0.